The Hall–Kier alpha value is -1.46. The second kappa shape index (κ2) is 6.34. The fourth-order valence-corrected chi connectivity index (χ4v) is 3.86. The lowest BCUT2D eigenvalue weighted by Crippen LogP contribution is -2.48. The molecule has 2 aliphatic heterocycles. The van der Waals surface area contributed by atoms with Gasteiger partial charge in [0.2, 0.25) is 5.91 Å². The summed E-state index contributed by atoms with van der Waals surface area (Å²) in [5.41, 5.74) is 1.73. The highest BCUT2D eigenvalue weighted by Gasteiger charge is 2.48. The second-order valence-electron chi connectivity index (χ2n) is 6.63. The summed E-state index contributed by atoms with van der Waals surface area (Å²) in [6.07, 6.45) is 2.95. The molecule has 2 fully saturated rings. The highest BCUT2D eigenvalue weighted by molar-refractivity contribution is 5.85. The number of β-amino-alcohol motifs (C(OH)–C–C–N with tert-alkyl or cyclic N) is 1. The summed E-state index contributed by atoms with van der Waals surface area (Å²) < 4.78 is 0. The molecule has 0 radical (unpaired) electrons. The van der Waals surface area contributed by atoms with E-state index in [1.54, 1.807) is 0 Å². The number of likely N-dealkylation sites (tertiary alicyclic amines) is 2. The summed E-state index contributed by atoms with van der Waals surface area (Å²) >= 11 is 0. The lowest BCUT2D eigenvalue weighted by atomic mass is 9.78. The van der Waals surface area contributed by atoms with Crippen LogP contribution in [-0.2, 0) is 11.3 Å². The first-order chi connectivity index (χ1) is 10.6. The molecule has 0 bridgehead atoms. The molecule has 2 saturated heterocycles. The zero-order valence-corrected chi connectivity index (χ0v) is 13.3. The van der Waals surface area contributed by atoms with Crippen molar-refractivity contribution in [3.63, 3.8) is 0 Å². The average molecular weight is 303 g/mol. The minimum Gasteiger partial charge on any atom is -0.395 e. The molecule has 1 atom stereocenters. The van der Waals surface area contributed by atoms with Gasteiger partial charge in [0.1, 0.15) is 0 Å². The van der Waals surface area contributed by atoms with E-state index in [9.17, 15) is 4.79 Å². The predicted octanol–water partition coefficient (Wildman–Crippen LogP) is 1.20. The molecular formula is C17H25N3O2. The SMILES string of the molecule is Cc1cccc(CN2CC[C@@]3(CCCN(CCO)C3)C2=O)n1. The van der Waals surface area contributed by atoms with Crippen LogP contribution in [0.3, 0.4) is 0 Å². The van der Waals surface area contributed by atoms with Crippen LogP contribution in [0, 0.1) is 12.3 Å². The van der Waals surface area contributed by atoms with Gasteiger partial charge in [-0.1, -0.05) is 6.07 Å². The van der Waals surface area contributed by atoms with Gasteiger partial charge in [-0.25, -0.2) is 0 Å². The van der Waals surface area contributed by atoms with E-state index in [0.717, 1.165) is 50.3 Å². The van der Waals surface area contributed by atoms with Crippen molar-refractivity contribution < 1.29 is 9.90 Å². The maximum atomic E-state index is 12.9. The van der Waals surface area contributed by atoms with Crippen molar-refractivity contribution in [3.8, 4) is 0 Å². The second-order valence-corrected chi connectivity index (χ2v) is 6.63. The molecule has 5 heteroatoms. The van der Waals surface area contributed by atoms with Crippen LogP contribution in [-0.4, -0.2) is 58.6 Å². The van der Waals surface area contributed by atoms with Crippen LogP contribution >= 0.6 is 0 Å². The number of pyridine rings is 1. The Balaban J connectivity index is 1.69. The molecule has 0 aliphatic carbocycles. The third-order valence-electron chi connectivity index (χ3n) is 4.97. The van der Waals surface area contributed by atoms with Gasteiger partial charge < -0.3 is 10.0 Å². The molecule has 2 aliphatic rings. The Labute approximate surface area is 131 Å². The van der Waals surface area contributed by atoms with Gasteiger partial charge in [0, 0.05) is 25.3 Å². The van der Waals surface area contributed by atoms with Crippen LogP contribution in [0.15, 0.2) is 18.2 Å². The molecule has 5 nitrogen and oxygen atoms in total. The maximum Gasteiger partial charge on any atom is 0.230 e. The summed E-state index contributed by atoms with van der Waals surface area (Å²) in [5, 5.41) is 9.14. The molecule has 22 heavy (non-hydrogen) atoms. The fourth-order valence-electron chi connectivity index (χ4n) is 3.86. The van der Waals surface area contributed by atoms with E-state index in [4.69, 9.17) is 5.11 Å². The Morgan fingerprint density at radius 3 is 2.95 bits per heavy atom. The molecule has 1 spiro atoms. The summed E-state index contributed by atoms with van der Waals surface area (Å²) in [6, 6.07) is 5.96. The summed E-state index contributed by atoms with van der Waals surface area (Å²) in [6.45, 7) is 6.04. The zero-order valence-electron chi connectivity index (χ0n) is 13.3. The van der Waals surface area contributed by atoms with Gasteiger partial charge in [-0.2, -0.15) is 0 Å². The number of piperidine rings is 1. The van der Waals surface area contributed by atoms with E-state index >= 15 is 0 Å². The van der Waals surface area contributed by atoms with Gasteiger partial charge in [0.25, 0.3) is 0 Å². The average Bonchev–Trinajstić information content (AvgIpc) is 2.77. The number of hydrogen-bond donors (Lipinski definition) is 1. The first kappa shape index (κ1) is 15.4. The van der Waals surface area contributed by atoms with Crippen molar-refractivity contribution >= 4 is 5.91 Å². The molecular weight excluding hydrogens is 278 g/mol. The van der Waals surface area contributed by atoms with Crippen molar-refractivity contribution in [2.45, 2.75) is 32.7 Å². The lowest BCUT2D eigenvalue weighted by Gasteiger charge is -2.38. The van der Waals surface area contributed by atoms with Crippen LogP contribution in [0.5, 0.6) is 0 Å². The Morgan fingerprint density at radius 2 is 2.18 bits per heavy atom. The largest absolute Gasteiger partial charge is 0.395 e. The van der Waals surface area contributed by atoms with E-state index in [2.05, 4.69) is 9.88 Å². The Morgan fingerprint density at radius 1 is 1.32 bits per heavy atom. The summed E-state index contributed by atoms with van der Waals surface area (Å²) in [5.74, 6) is 0.276. The number of aliphatic hydroxyl groups excluding tert-OH is 1. The number of aryl methyl sites for hydroxylation is 1. The van der Waals surface area contributed by atoms with Crippen LogP contribution in [0.4, 0.5) is 0 Å². The number of rotatable bonds is 4. The predicted molar refractivity (Wildman–Crippen MR) is 84.2 cm³/mol. The molecule has 1 aromatic rings. The third kappa shape index (κ3) is 3.01. The number of aromatic nitrogens is 1. The molecule has 3 heterocycles. The number of carbonyl (C=O) groups is 1. The van der Waals surface area contributed by atoms with Gasteiger partial charge in [-0.3, -0.25) is 14.7 Å². The summed E-state index contributed by atoms with van der Waals surface area (Å²) in [7, 11) is 0. The third-order valence-corrected chi connectivity index (χ3v) is 4.97. The maximum absolute atomic E-state index is 12.9. The van der Waals surface area contributed by atoms with Crippen molar-refractivity contribution in [3.05, 3.63) is 29.6 Å². The van der Waals surface area contributed by atoms with Crippen molar-refractivity contribution in [1.29, 1.82) is 0 Å². The van der Waals surface area contributed by atoms with Crippen LogP contribution < -0.4 is 0 Å². The van der Waals surface area contributed by atoms with Gasteiger partial charge >= 0.3 is 0 Å². The van der Waals surface area contributed by atoms with Gasteiger partial charge in [-0.15, -0.1) is 0 Å². The monoisotopic (exact) mass is 303 g/mol. The van der Waals surface area contributed by atoms with Crippen LogP contribution in [0.2, 0.25) is 0 Å². The smallest absolute Gasteiger partial charge is 0.230 e. The van der Waals surface area contributed by atoms with E-state index in [1.165, 1.54) is 0 Å². The topological polar surface area (TPSA) is 56.7 Å². The molecule has 0 saturated carbocycles. The highest BCUT2D eigenvalue weighted by atomic mass is 16.3. The Kier molecular flexibility index (Phi) is 4.45. The minimum absolute atomic E-state index is 0.168. The lowest BCUT2D eigenvalue weighted by molar-refractivity contribution is -0.139. The van der Waals surface area contributed by atoms with E-state index in [1.807, 2.05) is 30.0 Å². The number of aliphatic hydroxyl groups is 1. The van der Waals surface area contributed by atoms with Gasteiger partial charge in [0.15, 0.2) is 0 Å². The molecule has 1 N–H and O–H groups in total. The fraction of sp³-hybridized carbons (Fsp3) is 0.647. The van der Waals surface area contributed by atoms with E-state index in [0.29, 0.717) is 13.1 Å². The minimum atomic E-state index is -0.225. The van der Waals surface area contributed by atoms with Crippen molar-refractivity contribution in [2.24, 2.45) is 5.41 Å². The molecule has 1 amide bonds. The highest BCUT2D eigenvalue weighted by Crippen LogP contribution is 2.40. The Bertz CT molecular complexity index is 546. The van der Waals surface area contributed by atoms with Gasteiger partial charge in [0.05, 0.1) is 24.3 Å². The molecule has 120 valence electrons. The quantitative estimate of drug-likeness (QED) is 0.908. The standard InChI is InChI=1S/C17H25N3O2/c1-14-4-2-5-15(18-14)12-20-9-7-17(16(20)22)6-3-8-19(13-17)10-11-21/h2,4-5,21H,3,6-13H2,1H3/t17-/m1/s1. The molecule has 0 aromatic carbocycles. The number of amides is 1. The van der Waals surface area contributed by atoms with Gasteiger partial charge in [-0.05, 0) is 44.9 Å². The molecule has 3 rings (SSSR count). The number of carbonyl (C=O) groups excluding carboxylic acids is 1. The number of hydrogen-bond acceptors (Lipinski definition) is 4. The van der Waals surface area contributed by atoms with Crippen LogP contribution in [0.25, 0.3) is 0 Å². The molecule has 0 unspecified atom stereocenters. The summed E-state index contributed by atoms with van der Waals surface area (Å²) in [4.78, 5) is 21.6. The first-order valence-electron chi connectivity index (χ1n) is 8.18. The normalized spacial score (nSPS) is 26.1. The molecule has 1 aromatic heterocycles. The van der Waals surface area contributed by atoms with Crippen molar-refractivity contribution in [1.82, 2.24) is 14.8 Å². The van der Waals surface area contributed by atoms with E-state index < -0.39 is 0 Å². The zero-order chi connectivity index (χ0) is 15.6. The van der Waals surface area contributed by atoms with Crippen molar-refractivity contribution in [2.75, 3.05) is 32.8 Å². The van der Waals surface area contributed by atoms with E-state index in [-0.39, 0.29) is 17.9 Å². The van der Waals surface area contributed by atoms with Crippen LogP contribution in [0.1, 0.15) is 30.7 Å². The first-order valence-corrected chi connectivity index (χ1v) is 8.18. The number of nitrogens with zero attached hydrogens (tertiary/aromatic N) is 3.